The van der Waals surface area contributed by atoms with Crippen LogP contribution in [0.25, 0.3) is 10.9 Å². The number of anilines is 1. The van der Waals surface area contributed by atoms with Gasteiger partial charge in [-0.2, -0.15) is 0 Å². The fourth-order valence-corrected chi connectivity index (χ4v) is 2.54. The Morgan fingerprint density at radius 3 is 2.27 bits per heavy atom. The Bertz CT molecular complexity index is 1100. The molecule has 0 aliphatic heterocycles. The van der Waals surface area contributed by atoms with E-state index in [1.807, 2.05) is 0 Å². The smallest absolute Gasteiger partial charge is 0.261 e. The number of benzene rings is 2. The van der Waals surface area contributed by atoms with Crippen molar-refractivity contribution in [1.82, 2.24) is 4.98 Å². The summed E-state index contributed by atoms with van der Waals surface area (Å²) < 4.78 is 0. The van der Waals surface area contributed by atoms with Gasteiger partial charge in [0.25, 0.3) is 5.91 Å². The van der Waals surface area contributed by atoms with Gasteiger partial charge in [0.2, 0.25) is 11.2 Å². The van der Waals surface area contributed by atoms with Crippen LogP contribution in [0.4, 0.5) is 5.69 Å². The number of phenolic OH excluding ortho intramolecular Hbond substituents is 5. The molecule has 0 fully saturated rings. The van der Waals surface area contributed by atoms with Crippen LogP contribution < -0.4 is 10.7 Å². The van der Waals surface area contributed by atoms with Crippen molar-refractivity contribution in [3.63, 3.8) is 0 Å². The number of rotatable bonds is 2. The largest absolute Gasteiger partial charge is 0.504 e. The SMILES string of the molecule is Cc1cc(NC(=O)c2c[nH]c3cc(O)c(O)c(O)c3c2=O)cc(O)c1O. The zero-order chi connectivity index (χ0) is 19.2. The van der Waals surface area contributed by atoms with Crippen molar-refractivity contribution in [3.05, 3.63) is 45.7 Å². The maximum Gasteiger partial charge on any atom is 0.261 e. The van der Waals surface area contributed by atoms with E-state index in [-0.39, 0.29) is 27.9 Å². The van der Waals surface area contributed by atoms with Crippen molar-refractivity contribution >= 4 is 22.5 Å². The number of phenols is 5. The lowest BCUT2D eigenvalue weighted by atomic mass is 10.1. The molecular weight excluding hydrogens is 344 g/mol. The molecule has 0 saturated carbocycles. The molecule has 0 atom stereocenters. The molecule has 7 N–H and O–H groups in total. The number of carbonyl (C=O) groups is 1. The summed E-state index contributed by atoms with van der Waals surface area (Å²) in [5.74, 6) is -3.96. The van der Waals surface area contributed by atoms with Crippen LogP contribution in [0.15, 0.2) is 29.2 Å². The average Bonchev–Trinajstić information content (AvgIpc) is 2.57. The van der Waals surface area contributed by atoms with Crippen LogP contribution in [0.2, 0.25) is 0 Å². The summed E-state index contributed by atoms with van der Waals surface area (Å²) in [6.07, 6.45) is 1.09. The van der Waals surface area contributed by atoms with Crippen molar-refractivity contribution in [3.8, 4) is 28.7 Å². The topological polar surface area (TPSA) is 163 Å². The highest BCUT2D eigenvalue weighted by molar-refractivity contribution is 6.06. The number of hydrogen-bond acceptors (Lipinski definition) is 7. The summed E-state index contributed by atoms with van der Waals surface area (Å²) in [5, 5.41) is 50.1. The average molecular weight is 358 g/mol. The molecular formula is C17H14N2O7. The van der Waals surface area contributed by atoms with Gasteiger partial charge in [-0.05, 0) is 18.6 Å². The minimum absolute atomic E-state index is 0.0254. The van der Waals surface area contributed by atoms with Gasteiger partial charge >= 0.3 is 0 Å². The summed E-state index contributed by atoms with van der Waals surface area (Å²) >= 11 is 0. The zero-order valence-corrected chi connectivity index (χ0v) is 13.4. The predicted octanol–water partition coefficient (Wildman–Crippen LogP) is 1.62. The number of pyridine rings is 1. The van der Waals surface area contributed by atoms with E-state index in [4.69, 9.17) is 0 Å². The molecule has 134 valence electrons. The molecule has 3 rings (SSSR count). The van der Waals surface area contributed by atoms with Crippen LogP contribution in [-0.4, -0.2) is 36.4 Å². The van der Waals surface area contributed by atoms with E-state index in [0.717, 1.165) is 18.3 Å². The van der Waals surface area contributed by atoms with Crippen LogP contribution in [0.1, 0.15) is 15.9 Å². The third-order valence-electron chi connectivity index (χ3n) is 3.88. The number of aromatic hydroxyl groups is 5. The summed E-state index contributed by atoms with van der Waals surface area (Å²) in [6, 6.07) is 3.54. The number of nitrogens with one attached hydrogen (secondary N) is 2. The first-order chi connectivity index (χ1) is 12.2. The molecule has 0 spiro atoms. The van der Waals surface area contributed by atoms with Crippen molar-refractivity contribution < 1.29 is 30.3 Å². The van der Waals surface area contributed by atoms with Gasteiger partial charge in [-0.25, -0.2) is 0 Å². The first kappa shape index (κ1) is 17.0. The number of carbonyl (C=O) groups excluding carboxylic acids is 1. The lowest BCUT2D eigenvalue weighted by Gasteiger charge is -2.10. The van der Waals surface area contributed by atoms with Crippen molar-refractivity contribution in [2.24, 2.45) is 0 Å². The molecule has 0 radical (unpaired) electrons. The Morgan fingerprint density at radius 1 is 0.962 bits per heavy atom. The fraction of sp³-hybridized carbons (Fsp3) is 0.0588. The molecule has 0 saturated heterocycles. The standard InChI is InChI=1S/C17H14N2O7/c1-6-2-7(3-10(20)13(6)22)19-17(26)8-5-18-9-4-11(21)15(24)16(25)12(9)14(8)23/h2-5,20-22,24-25H,1H3,(H,18,23)(H,19,26). The van der Waals surface area contributed by atoms with Gasteiger partial charge in [-0.1, -0.05) is 0 Å². The third-order valence-corrected chi connectivity index (χ3v) is 3.88. The van der Waals surface area contributed by atoms with Crippen LogP contribution in [0.5, 0.6) is 28.7 Å². The third kappa shape index (κ3) is 2.61. The first-order valence-electron chi connectivity index (χ1n) is 7.34. The van der Waals surface area contributed by atoms with E-state index in [9.17, 15) is 35.1 Å². The van der Waals surface area contributed by atoms with Gasteiger partial charge in [0.1, 0.15) is 5.56 Å². The number of hydrogen-bond donors (Lipinski definition) is 7. The highest BCUT2D eigenvalue weighted by Gasteiger charge is 2.20. The van der Waals surface area contributed by atoms with Crippen LogP contribution in [-0.2, 0) is 0 Å². The van der Waals surface area contributed by atoms with E-state index in [1.165, 1.54) is 13.0 Å². The zero-order valence-electron chi connectivity index (χ0n) is 13.4. The second-order valence-corrected chi connectivity index (χ2v) is 5.66. The van der Waals surface area contributed by atoms with E-state index in [2.05, 4.69) is 10.3 Å². The van der Waals surface area contributed by atoms with Crippen molar-refractivity contribution in [2.75, 3.05) is 5.32 Å². The number of aromatic amines is 1. The lowest BCUT2D eigenvalue weighted by molar-refractivity contribution is 0.102. The lowest BCUT2D eigenvalue weighted by Crippen LogP contribution is -2.22. The number of fused-ring (bicyclic) bond motifs is 1. The summed E-state index contributed by atoms with van der Waals surface area (Å²) in [5.41, 5.74) is -0.768. The minimum atomic E-state index is -0.875. The Balaban J connectivity index is 2.07. The quantitative estimate of drug-likeness (QED) is 0.270. The van der Waals surface area contributed by atoms with E-state index in [1.54, 1.807) is 0 Å². The molecule has 0 aliphatic carbocycles. The molecule has 2 aromatic carbocycles. The molecule has 9 nitrogen and oxygen atoms in total. The normalized spacial score (nSPS) is 10.8. The summed E-state index contributed by atoms with van der Waals surface area (Å²) in [4.78, 5) is 27.5. The van der Waals surface area contributed by atoms with Gasteiger partial charge in [0.05, 0.1) is 10.9 Å². The second kappa shape index (κ2) is 5.88. The molecule has 0 bridgehead atoms. The molecule has 26 heavy (non-hydrogen) atoms. The van der Waals surface area contributed by atoms with Gasteiger partial charge in [-0.15, -0.1) is 0 Å². The molecule has 3 aromatic rings. The van der Waals surface area contributed by atoms with E-state index < -0.39 is 34.3 Å². The van der Waals surface area contributed by atoms with Crippen LogP contribution >= 0.6 is 0 Å². The van der Waals surface area contributed by atoms with Crippen molar-refractivity contribution in [1.29, 1.82) is 0 Å². The molecule has 1 amide bonds. The number of amides is 1. The van der Waals surface area contributed by atoms with Gasteiger partial charge in [0, 0.05) is 24.0 Å². The molecule has 0 unspecified atom stereocenters. The van der Waals surface area contributed by atoms with E-state index in [0.29, 0.717) is 5.56 Å². The van der Waals surface area contributed by atoms with Crippen molar-refractivity contribution in [2.45, 2.75) is 6.92 Å². The molecule has 1 heterocycles. The Kier molecular flexibility index (Phi) is 3.84. The summed E-state index contributed by atoms with van der Waals surface area (Å²) in [7, 11) is 0. The first-order valence-corrected chi connectivity index (χ1v) is 7.34. The van der Waals surface area contributed by atoms with Crippen LogP contribution in [0.3, 0.4) is 0 Å². The molecule has 1 aromatic heterocycles. The van der Waals surface area contributed by atoms with E-state index >= 15 is 0 Å². The monoisotopic (exact) mass is 358 g/mol. The van der Waals surface area contributed by atoms with Crippen LogP contribution in [0, 0.1) is 6.92 Å². The highest BCUT2D eigenvalue weighted by atomic mass is 16.3. The minimum Gasteiger partial charge on any atom is -0.504 e. The molecule has 9 heteroatoms. The maximum absolute atomic E-state index is 12.5. The predicted molar refractivity (Wildman–Crippen MR) is 92.0 cm³/mol. The number of H-pyrrole nitrogens is 1. The number of aryl methyl sites for hydroxylation is 1. The molecule has 0 aliphatic rings. The summed E-state index contributed by atoms with van der Waals surface area (Å²) in [6.45, 7) is 1.51. The highest BCUT2D eigenvalue weighted by Crippen LogP contribution is 2.39. The van der Waals surface area contributed by atoms with Gasteiger partial charge in [-0.3, -0.25) is 9.59 Å². The fourth-order valence-electron chi connectivity index (χ4n) is 2.54. The Morgan fingerprint density at radius 2 is 1.62 bits per heavy atom. The maximum atomic E-state index is 12.5. The second-order valence-electron chi connectivity index (χ2n) is 5.66. The Labute approximate surface area is 145 Å². The van der Waals surface area contributed by atoms with Gasteiger partial charge in [0.15, 0.2) is 23.0 Å². The van der Waals surface area contributed by atoms with Gasteiger partial charge < -0.3 is 35.8 Å². The Hall–Kier alpha value is -3.88. The number of aromatic nitrogens is 1.